The van der Waals surface area contributed by atoms with Crippen LogP contribution in [0.4, 0.5) is 5.69 Å². The van der Waals surface area contributed by atoms with Gasteiger partial charge in [-0.25, -0.2) is 0 Å². The summed E-state index contributed by atoms with van der Waals surface area (Å²) >= 11 is 0. The van der Waals surface area contributed by atoms with Gasteiger partial charge in [0.2, 0.25) is 5.91 Å². The normalized spacial score (nSPS) is 13.6. The Kier molecular flexibility index (Phi) is 5.53. The molecule has 3 N–H and O–H groups in total. The second-order valence-corrected chi connectivity index (χ2v) is 6.08. The summed E-state index contributed by atoms with van der Waals surface area (Å²) < 4.78 is 5.59. The van der Waals surface area contributed by atoms with Crippen LogP contribution in [0.2, 0.25) is 0 Å². The molecule has 0 aliphatic rings. The molecular weight excluding hydrogens is 288 g/mol. The second-order valence-electron chi connectivity index (χ2n) is 6.08. The van der Waals surface area contributed by atoms with Gasteiger partial charge in [0.25, 0.3) is 0 Å². The van der Waals surface area contributed by atoms with Crippen molar-refractivity contribution in [3.05, 3.63) is 65.7 Å². The summed E-state index contributed by atoms with van der Waals surface area (Å²) in [7, 11) is 0. The molecule has 0 bridgehead atoms. The van der Waals surface area contributed by atoms with Gasteiger partial charge in [-0.05, 0) is 44.0 Å². The number of benzene rings is 2. The van der Waals surface area contributed by atoms with Crippen molar-refractivity contribution in [2.45, 2.75) is 39.0 Å². The molecular formula is C19H24N2O2. The molecule has 0 saturated heterocycles. The largest absolute Gasteiger partial charge is 0.374 e. The number of rotatable bonds is 6. The van der Waals surface area contributed by atoms with Crippen LogP contribution in [0.5, 0.6) is 0 Å². The van der Waals surface area contributed by atoms with E-state index in [4.69, 9.17) is 10.5 Å². The van der Waals surface area contributed by atoms with Gasteiger partial charge in [0.1, 0.15) is 5.54 Å². The summed E-state index contributed by atoms with van der Waals surface area (Å²) in [6.07, 6.45) is 0.165. The molecule has 0 radical (unpaired) electrons. The quantitative estimate of drug-likeness (QED) is 0.859. The van der Waals surface area contributed by atoms with E-state index in [1.807, 2.05) is 68.4 Å². The molecule has 0 spiro atoms. The maximum Gasteiger partial charge on any atom is 0.248 e. The first-order valence-corrected chi connectivity index (χ1v) is 7.76. The number of carbonyl (C=O) groups excluding carboxylic acids is 1. The zero-order valence-corrected chi connectivity index (χ0v) is 13.9. The summed E-state index contributed by atoms with van der Waals surface area (Å²) in [6, 6.07) is 17.0. The summed E-state index contributed by atoms with van der Waals surface area (Å²) in [5.74, 6) is -0.245. The molecule has 0 heterocycles. The Morgan fingerprint density at radius 3 is 2.52 bits per heavy atom. The molecule has 122 valence electrons. The van der Waals surface area contributed by atoms with Gasteiger partial charge in [-0.2, -0.15) is 0 Å². The highest BCUT2D eigenvalue weighted by Gasteiger charge is 2.30. The minimum Gasteiger partial charge on any atom is -0.374 e. The average Bonchev–Trinajstić information content (AvgIpc) is 2.54. The highest BCUT2D eigenvalue weighted by Crippen LogP contribution is 2.20. The fraction of sp³-hybridized carbons (Fsp3) is 0.316. The van der Waals surface area contributed by atoms with E-state index in [1.165, 1.54) is 0 Å². The van der Waals surface area contributed by atoms with Crippen molar-refractivity contribution in [2.24, 2.45) is 5.73 Å². The fourth-order valence-electron chi connectivity index (χ4n) is 2.18. The highest BCUT2D eigenvalue weighted by atomic mass is 16.5. The van der Waals surface area contributed by atoms with Crippen molar-refractivity contribution in [3.8, 4) is 0 Å². The molecule has 0 aliphatic carbocycles. The molecule has 4 nitrogen and oxygen atoms in total. The van der Waals surface area contributed by atoms with Crippen LogP contribution in [-0.4, -0.2) is 12.0 Å². The molecule has 1 atom stereocenters. The van der Waals surface area contributed by atoms with Gasteiger partial charge >= 0.3 is 0 Å². The van der Waals surface area contributed by atoms with Crippen molar-refractivity contribution in [1.82, 2.24) is 0 Å². The van der Waals surface area contributed by atoms with Gasteiger partial charge in [-0.1, -0.05) is 42.5 Å². The molecule has 1 unspecified atom stereocenters. The molecule has 0 fully saturated rings. The Labute approximate surface area is 137 Å². The number of anilines is 1. The number of carbonyl (C=O) groups is 1. The van der Waals surface area contributed by atoms with Crippen LogP contribution in [0.1, 0.15) is 31.9 Å². The molecule has 0 saturated carbocycles. The summed E-state index contributed by atoms with van der Waals surface area (Å²) in [6.45, 7) is 6.21. The number of ether oxygens (including phenoxy) is 1. The van der Waals surface area contributed by atoms with Crippen LogP contribution in [-0.2, 0) is 21.7 Å². The maximum absolute atomic E-state index is 12.5. The molecule has 0 aromatic heterocycles. The molecule has 0 aliphatic heterocycles. The van der Waals surface area contributed by atoms with E-state index in [0.717, 1.165) is 11.1 Å². The topological polar surface area (TPSA) is 64.3 Å². The lowest BCUT2D eigenvalue weighted by atomic mass is 9.92. The first-order chi connectivity index (χ1) is 10.9. The van der Waals surface area contributed by atoms with Crippen molar-refractivity contribution in [3.63, 3.8) is 0 Å². The zero-order chi connectivity index (χ0) is 16.9. The molecule has 1 amide bonds. The van der Waals surface area contributed by atoms with Gasteiger partial charge in [0.05, 0.1) is 12.7 Å². The van der Waals surface area contributed by atoms with Gasteiger partial charge in [-0.3, -0.25) is 4.79 Å². The van der Waals surface area contributed by atoms with E-state index in [1.54, 1.807) is 6.92 Å². The van der Waals surface area contributed by atoms with E-state index in [0.29, 0.717) is 12.3 Å². The number of hydrogen-bond donors (Lipinski definition) is 2. The molecule has 2 aromatic carbocycles. The summed E-state index contributed by atoms with van der Waals surface area (Å²) in [5.41, 5.74) is 7.64. The number of amides is 1. The lowest BCUT2D eigenvalue weighted by Crippen LogP contribution is -2.45. The van der Waals surface area contributed by atoms with E-state index in [2.05, 4.69) is 5.32 Å². The van der Waals surface area contributed by atoms with Crippen molar-refractivity contribution in [1.29, 1.82) is 0 Å². The van der Waals surface area contributed by atoms with Crippen molar-refractivity contribution < 1.29 is 9.53 Å². The van der Waals surface area contributed by atoms with Crippen LogP contribution >= 0.6 is 0 Å². The third-order valence-corrected chi connectivity index (χ3v) is 3.61. The Bertz CT molecular complexity index is 651. The van der Waals surface area contributed by atoms with Crippen LogP contribution in [0.3, 0.4) is 0 Å². The van der Waals surface area contributed by atoms with Crippen LogP contribution in [0.15, 0.2) is 54.6 Å². The van der Waals surface area contributed by atoms with Crippen LogP contribution in [0, 0.1) is 0 Å². The SMILES string of the molecule is CC(C)OCc1cccc(NC(=O)C(C)(N)c2ccccc2)c1. The monoisotopic (exact) mass is 312 g/mol. The smallest absolute Gasteiger partial charge is 0.248 e. The van der Waals surface area contributed by atoms with Gasteiger partial charge in [-0.15, -0.1) is 0 Å². The molecule has 2 rings (SSSR count). The van der Waals surface area contributed by atoms with E-state index >= 15 is 0 Å². The number of hydrogen-bond acceptors (Lipinski definition) is 3. The maximum atomic E-state index is 12.5. The van der Waals surface area contributed by atoms with E-state index < -0.39 is 5.54 Å². The standard InChI is InChI=1S/C19H24N2O2/c1-14(2)23-13-15-8-7-11-17(12-15)21-18(22)19(3,20)16-9-5-4-6-10-16/h4-12,14H,13,20H2,1-3H3,(H,21,22). The molecule has 4 heteroatoms. The second kappa shape index (κ2) is 7.40. The van der Waals surface area contributed by atoms with Gasteiger partial charge in [0.15, 0.2) is 0 Å². The third-order valence-electron chi connectivity index (χ3n) is 3.61. The lowest BCUT2D eigenvalue weighted by molar-refractivity contribution is -0.120. The van der Waals surface area contributed by atoms with E-state index in [-0.39, 0.29) is 12.0 Å². The summed E-state index contributed by atoms with van der Waals surface area (Å²) in [5, 5.41) is 2.89. The Hall–Kier alpha value is -2.17. The molecule has 23 heavy (non-hydrogen) atoms. The van der Waals surface area contributed by atoms with E-state index in [9.17, 15) is 4.79 Å². The molecule has 2 aromatic rings. The van der Waals surface area contributed by atoms with Crippen molar-refractivity contribution in [2.75, 3.05) is 5.32 Å². The number of nitrogens with one attached hydrogen (secondary N) is 1. The average molecular weight is 312 g/mol. The summed E-state index contributed by atoms with van der Waals surface area (Å²) in [4.78, 5) is 12.5. The first kappa shape index (κ1) is 17.2. The number of nitrogens with two attached hydrogens (primary N) is 1. The third kappa shape index (κ3) is 4.65. The predicted octanol–water partition coefficient (Wildman–Crippen LogP) is 3.42. The fourth-order valence-corrected chi connectivity index (χ4v) is 2.18. The zero-order valence-electron chi connectivity index (χ0n) is 13.9. The Morgan fingerprint density at radius 1 is 1.17 bits per heavy atom. The predicted molar refractivity (Wildman–Crippen MR) is 93.0 cm³/mol. The Morgan fingerprint density at radius 2 is 1.87 bits per heavy atom. The highest BCUT2D eigenvalue weighted by molar-refractivity contribution is 5.98. The first-order valence-electron chi connectivity index (χ1n) is 7.76. The Balaban J connectivity index is 2.09. The van der Waals surface area contributed by atoms with Gasteiger partial charge < -0.3 is 15.8 Å². The minimum atomic E-state index is -1.09. The van der Waals surface area contributed by atoms with Crippen LogP contribution in [0.25, 0.3) is 0 Å². The van der Waals surface area contributed by atoms with Crippen molar-refractivity contribution >= 4 is 11.6 Å². The van der Waals surface area contributed by atoms with Crippen LogP contribution < -0.4 is 11.1 Å². The van der Waals surface area contributed by atoms with Gasteiger partial charge in [0, 0.05) is 5.69 Å². The lowest BCUT2D eigenvalue weighted by Gasteiger charge is -2.24. The minimum absolute atomic E-state index is 0.165.